The first-order chi connectivity index (χ1) is 8.79. The molecule has 0 spiro atoms. The molecular weight excluding hydrogens is 228 g/mol. The molecule has 18 heavy (non-hydrogen) atoms. The number of hydrazone groups is 1. The van der Waals surface area contributed by atoms with E-state index in [0.717, 1.165) is 16.5 Å². The van der Waals surface area contributed by atoms with Gasteiger partial charge in [-0.15, -0.1) is 0 Å². The Labute approximate surface area is 105 Å². The van der Waals surface area contributed by atoms with Crippen LogP contribution in [0.2, 0.25) is 0 Å². The van der Waals surface area contributed by atoms with E-state index in [1.54, 1.807) is 12.4 Å². The standard InChI is InChI=1S/C13H14N4O/c14-6-5-13(18)17-16-9-10-3-4-12-11(8-10)2-1-7-15-12/h1-4,7-9H,5-6,14H2,(H,17,18)/b16-9-. The first-order valence-corrected chi connectivity index (χ1v) is 5.66. The Morgan fingerprint density at radius 3 is 3.17 bits per heavy atom. The lowest BCUT2D eigenvalue weighted by atomic mass is 10.1. The van der Waals surface area contributed by atoms with Gasteiger partial charge >= 0.3 is 0 Å². The molecule has 0 aliphatic carbocycles. The zero-order valence-electron chi connectivity index (χ0n) is 9.84. The van der Waals surface area contributed by atoms with Gasteiger partial charge in [-0.3, -0.25) is 9.78 Å². The summed E-state index contributed by atoms with van der Waals surface area (Å²) in [4.78, 5) is 15.4. The summed E-state index contributed by atoms with van der Waals surface area (Å²) in [6, 6.07) is 9.63. The van der Waals surface area contributed by atoms with E-state index in [1.165, 1.54) is 0 Å². The van der Waals surface area contributed by atoms with Gasteiger partial charge in [-0.05, 0) is 23.8 Å². The minimum atomic E-state index is -0.184. The summed E-state index contributed by atoms with van der Waals surface area (Å²) in [5.41, 5.74) is 9.51. The lowest BCUT2D eigenvalue weighted by Crippen LogP contribution is -2.20. The van der Waals surface area contributed by atoms with Gasteiger partial charge in [-0.1, -0.05) is 12.1 Å². The van der Waals surface area contributed by atoms with Gasteiger partial charge < -0.3 is 5.73 Å². The minimum absolute atomic E-state index is 0.184. The maximum absolute atomic E-state index is 11.1. The van der Waals surface area contributed by atoms with Crippen molar-refractivity contribution in [3.8, 4) is 0 Å². The van der Waals surface area contributed by atoms with Crippen LogP contribution in [0.15, 0.2) is 41.6 Å². The van der Waals surface area contributed by atoms with Crippen molar-refractivity contribution >= 4 is 23.0 Å². The van der Waals surface area contributed by atoms with Gasteiger partial charge in [0.05, 0.1) is 11.7 Å². The predicted molar refractivity (Wildman–Crippen MR) is 71.2 cm³/mol. The topological polar surface area (TPSA) is 80.4 Å². The molecule has 0 saturated carbocycles. The number of nitrogens with zero attached hydrogens (tertiary/aromatic N) is 2. The number of fused-ring (bicyclic) bond motifs is 1. The van der Waals surface area contributed by atoms with E-state index in [-0.39, 0.29) is 12.3 Å². The quantitative estimate of drug-likeness (QED) is 0.620. The second-order valence-electron chi connectivity index (χ2n) is 3.79. The second kappa shape index (κ2) is 5.88. The Kier molecular flexibility index (Phi) is 3.98. The van der Waals surface area contributed by atoms with Gasteiger partial charge in [0.2, 0.25) is 5.91 Å². The van der Waals surface area contributed by atoms with Gasteiger partial charge in [0.1, 0.15) is 0 Å². The molecule has 0 aliphatic heterocycles. The average Bonchev–Trinajstić information content (AvgIpc) is 2.39. The van der Waals surface area contributed by atoms with E-state index in [9.17, 15) is 4.79 Å². The summed E-state index contributed by atoms with van der Waals surface area (Å²) >= 11 is 0. The minimum Gasteiger partial charge on any atom is -0.330 e. The number of nitrogens with one attached hydrogen (secondary N) is 1. The van der Waals surface area contributed by atoms with Crippen molar-refractivity contribution in [3.63, 3.8) is 0 Å². The van der Waals surface area contributed by atoms with Crippen LogP contribution in [0.4, 0.5) is 0 Å². The number of carbonyl (C=O) groups excluding carboxylic acids is 1. The van der Waals surface area contributed by atoms with Gasteiger partial charge in [0, 0.05) is 24.5 Å². The molecule has 1 heterocycles. The van der Waals surface area contributed by atoms with Crippen molar-refractivity contribution in [2.45, 2.75) is 6.42 Å². The fourth-order valence-corrected chi connectivity index (χ4v) is 1.54. The zero-order valence-corrected chi connectivity index (χ0v) is 9.84. The third-order valence-electron chi connectivity index (χ3n) is 2.40. The molecule has 3 N–H and O–H groups in total. The van der Waals surface area contributed by atoms with Crippen LogP contribution in [-0.4, -0.2) is 23.7 Å². The van der Waals surface area contributed by atoms with E-state index in [4.69, 9.17) is 5.73 Å². The van der Waals surface area contributed by atoms with Gasteiger partial charge in [-0.25, -0.2) is 5.43 Å². The lowest BCUT2D eigenvalue weighted by molar-refractivity contribution is -0.120. The van der Waals surface area contributed by atoms with Gasteiger partial charge in [-0.2, -0.15) is 5.10 Å². The fourth-order valence-electron chi connectivity index (χ4n) is 1.54. The normalized spacial score (nSPS) is 10.9. The van der Waals surface area contributed by atoms with Crippen molar-refractivity contribution < 1.29 is 4.79 Å². The number of rotatable bonds is 4. The molecule has 92 valence electrons. The molecular formula is C13H14N4O. The van der Waals surface area contributed by atoms with Crippen LogP contribution in [0.3, 0.4) is 0 Å². The second-order valence-corrected chi connectivity index (χ2v) is 3.79. The molecule has 0 aliphatic rings. The van der Waals surface area contributed by atoms with E-state index in [2.05, 4.69) is 15.5 Å². The first-order valence-electron chi connectivity index (χ1n) is 5.66. The number of carbonyl (C=O) groups is 1. The van der Waals surface area contributed by atoms with Crippen LogP contribution in [0.1, 0.15) is 12.0 Å². The number of hydrogen-bond acceptors (Lipinski definition) is 4. The van der Waals surface area contributed by atoms with Crippen LogP contribution in [0.25, 0.3) is 10.9 Å². The summed E-state index contributed by atoms with van der Waals surface area (Å²) in [5, 5.41) is 4.90. The molecule has 2 rings (SSSR count). The zero-order chi connectivity index (χ0) is 12.8. The van der Waals surface area contributed by atoms with E-state index < -0.39 is 0 Å². The monoisotopic (exact) mass is 242 g/mol. The third kappa shape index (κ3) is 3.11. The van der Waals surface area contributed by atoms with Crippen LogP contribution in [0, 0.1) is 0 Å². The molecule has 1 amide bonds. The first kappa shape index (κ1) is 12.2. The van der Waals surface area contributed by atoms with Crippen LogP contribution in [-0.2, 0) is 4.79 Å². The van der Waals surface area contributed by atoms with Gasteiger partial charge in [0.25, 0.3) is 0 Å². The molecule has 0 saturated heterocycles. The molecule has 2 aromatic rings. The SMILES string of the molecule is NCCC(=O)N/N=C\c1ccc2ncccc2c1. The van der Waals surface area contributed by atoms with E-state index in [1.807, 2.05) is 30.3 Å². The molecule has 0 radical (unpaired) electrons. The van der Waals surface area contributed by atoms with Gasteiger partial charge in [0.15, 0.2) is 0 Å². The average molecular weight is 242 g/mol. The number of aromatic nitrogens is 1. The summed E-state index contributed by atoms with van der Waals surface area (Å²) in [7, 11) is 0. The van der Waals surface area contributed by atoms with Crippen LogP contribution in [0.5, 0.6) is 0 Å². The van der Waals surface area contributed by atoms with Crippen molar-refractivity contribution in [3.05, 3.63) is 42.1 Å². The van der Waals surface area contributed by atoms with Crippen molar-refractivity contribution in [1.82, 2.24) is 10.4 Å². The maximum Gasteiger partial charge on any atom is 0.241 e. The number of pyridine rings is 1. The van der Waals surface area contributed by atoms with E-state index >= 15 is 0 Å². The number of nitrogens with two attached hydrogens (primary N) is 1. The molecule has 0 bridgehead atoms. The Morgan fingerprint density at radius 2 is 2.33 bits per heavy atom. The summed E-state index contributed by atoms with van der Waals surface area (Å²) in [5.74, 6) is -0.184. The summed E-state index contributed by atoms with van der Waals surface area (Å²) in [6.45, 7) is 0.322. The summed E-state index contributed by atoms with van der Waals surface area (Å²) < 4.78 is 0. The predicted octanol–water partition coefficient (Wildman–Crippen LogP) is 1.03. The highest BCUT2D eigenvalue weighted by molar-refractivity contribution is 5.89. The highest BCUT2D eigenvalue weighted by atomic mass is 16.2. The smallest absolute Gasteiger partial charge is 0.241 e. The van der Waals surface area contributed by atoms with Crippen molar-refractivity contribution in [2.75, 3.05) is 6.54 Å². The molecule has 0 unspecified atom stereocenters. The Morgan fingerprint density at radius 1 is 1.44 bits per heavy atom. The lowest BCUT2D eigenvalue weighted by Gasteiger charge is -1.99. The Balaban J connectivity index is 2.07. The maximum atomic E-state index is 11.1. The highest BCUT2D eigenvalue weighted by Crippen LogP contribution is 2.11. The largest absolute Gasteiger partial charge is 0.330 e. The molecule has 1 aromatic heterocycles. The van der Waals surface area contributed by atoms with Crippen LogP contribution >= 0.6 is 0 Å². The Hall–Kier alpha value is -2.27. The third-order valence-corrected chi connectivity index (χ3v) is 2.40. The molecule has 0 fully saturated rings. The van der Waals surface area contributed by atoms with Crippen molar-refractivity contribution in [2.24, 2.45) is 10.8 Å². The fraction of sp³-hybridized carbons (Fsp3) is 0.154. The number of benzene rings is 1. The van der Waals surface area contributed by atoms with E-state index in [0.29, 0.717) is 6.54 Å². The number of hydrogen-bond donors (Lipinski definition) is 2. The van der Waals surface area contributed by atoms with Crippen molar-refractivity contribution in [1.29, 1.82) is 0 Å². The molecule has 1 aromatic carbocycles. The highest BCUT2D eigenvalue weighted by Gasteiger charge is 1.96. The number of amides is 1. The molecule has 5 nitrogen and oxygen atoms in total. The summed E-state index contributed by atoms with van der Waals surface area (Å²) in [6.07, 6.45) is 3.63. The molecule has 5 heteroatoms. The molecule has 0 atom stereocenters. The Bertz CT molecular complexity index is 580. The van der Waals surface area contributed by atoms with Crippen LogP contribution < -0.4 is 11.2 Å².